The smallest absolute Gasteiger partial charge is 0.161 e. The van der Waals surface area contributed by atoms with Gasteiger partial charge in [-0.05, 0) is 29.7 Å². The average molecular weight is 440 g/mol. The van der Waals surface area contributed by atoms with Crippen molar-refractivity contribution in [3.63, 3.8) is 0 Å². The van der Waals surface area contributed by atoms with Gasteiger partial charge in [0.2, 0.25) is 0 Å². The molecule has 0 aliphatic carbocycles. The summed E-state index contributed by atoms with van der Waals surface area (Å²) in [4.78, 5) is 4.40. The zero-order valence-electron chi connectivity index (χ0n) is 17.7. The first-order valence-electron chi connectivity index (χ1n) is 11.1. The minimum absolute atomic E-state index is 0.142. The lowest BCUT2D eigenvalue weighted by Gasteiger charge is -2.58. The van der Waals surface area contributed by atoms with Crippen LogP contribution >= 0.6 is 0 Å². The normalized spacial score (nSPS) is 28.1. The molecule has 166 valence electrons. The lowest BCUT2D eigenvalue weighted by molar-refractivity contribution is -0.985. The van der Waals surface area contributed by atoms with Crippen LogP contribution < -0.4 is 0 Å². The summed E-state index contributed by atoms with van der Waals surface area (Å²) in [5.74, 6) is -2.34. The standard InChI is InChI=1S/C26H26F3N2O/c1-2-16-14-31(15-18-11-22(28)23(29)13-21(18)27)10-8-17(16)12-25(31)26(32)20-7-9-30-24-6-4-3-5-19(20)24/h2-7,9,11,13,16-17,25-26,32H,1,8,10,12,14-15H2/q+1/t16-,17-,25-,26+,31-/m0/s1. The third-order valence-corrected chi connectivity index (χ3v) is 7.62. The van der Waals surface area contributed by atoms with E-state index >= 15 is 0 Å². The maximum Gasteiger partial charge on any atom is 0.161 e. The minimum atomic E-state index is -1.19. The molecule has 6 heteroatoms. The number of hydrogen-bond donors (Lipinski definition) is 1. The van der Waals surface area contributed by atoms with Crippen molar-refractivity contribution in [2.24, 2.45) is 11.8 Å². The Morgan fingerprint density at radius 3 is 2.72 bits per heavy atom. The quantitative estimate of drug-likeness (QED) is 0.333. The third-order valence-electron chi connectivity index (χ3n) is 7.62. The van der Waals surface area contributed by atoms with Crippen LogP contribution in [0.15, 0.2) is 61.3 Å². The molecule has 2 aromatic carbocycles. The number of pyridine rings is 1. The van der Waals surface area contributed by atoms with E-state index < -0.39 is 23.6 Å². The maximum atomic E-state index is 14.6. The number of hydrogen-bond acceptors (Lipinski definition) is 2. The largest absolute Gasteiger partial charge is 0.382 e. The number of quaternary nitrogens is 1. The van der Waals surface area contributed by atoms with E-state index in [1.54, 1.807) is 6.20 Å². The molecule has 3 saturated heterocycles. The zero-order valence-corrected chi connectivity index (χ0v) is 17.7. The van der Waals surface area contributed by atoms with Crippen molar-refractivity contribution in [3.05, 3.63) is 89.9 Å². The van der Waals surface area contributed by atoms with Gasteiger partial charge in [0.05, 0.1) is 18.6 Å². The number of nitrogens with zero attached hydrogens (tertiary/aromatic N) is 2. The van der Waals surface area contributed by atoms with Crippen LogP contribution in [0.4, 0.5) is 13.2 Å². The van der Waals surface area contributed by atoms with Crippen molar-refractivity contribution in [1.82, 2.24) is 4.98 Å². The minimum Gasteiger partial charge on any atom is -0.382 e. The van der Waals surface area contributed by atoms with Gasteiger partial charge in [-0.25, -0.2) is 13.2 Å². The molecule has 1 N–H and O–H groups in total. The Labute approximate surface area is 185 Å². The predicted molar refractivity (Wildman–Crippen MR) is 117 cm³/mol. The second-order valence-electron chi connectivity index (χ2n) is 9.25. The van der Waals surface area contributed by atoms with Gasteiger partial charge in [-0.2, -0.15) is 0 Å². The first kappa shape index (κ1) is 21.2. The number of fused-ring (bicyclic) bond motifs is 4. The van der Waals surface area contributed by atoms with E-state index in [0.717, 1.165) is 41.9 Å². The second-order valence-corrected chi connectivity index (χ2v) is 9.25. The predicted octanol–water partition coefficient (Wildman–Crippen LogP) is 5.30. The van der Waals surface area contributed by atoms with E-state index in [1.807, 2.05) is 36.4 Å². The van der Waals surface area contributed by atoms with Crippen LogP contribution in [-0.4, -0.2) is 33.7 Å². The molecule has 2 bridgehead atoms. The molecule has 0 unspecified atom stereocenters. The molecule has 3 aromatic rings. The SMILES string of the molecule is C=C[C@H]1C[N@+]2(Cc3cc(F)c(F)cc3F)CC[C@H]1C[C@H]2[C@H](O)c1ccnc2ccccc12. The molecule has 0 radical (unpaired) electrons. The molecule has 0 saturated carbocycles. The Kier molecular flexibility index (Phi) is 5.30. The van der Waals surface area contributed by atoms with Crippen molar-refractivity contribution in [1.29, 1.82) is 0 Å². The van der Waals surface area contributed by atoms with Crippen LogP contribution in [-0.2, 0) is 6.54 Å². The first-order chi connectivity index (χ1) is 15.4. The van der Waals surface area contributed by atoms with Gasteiger partial charge in [-0.15, -0.1) is 6.58 Å². The summed E-state index contributed by atoms with van der Waals surface area (Å²) < 4.78 is 42.6. The molecule has 0 spiro atoms. The Morgan fingerprint density at radius 1 is 1.12 bits per heavy atom. The molecule has 4 heterocycles. The van der Waals surface area contributed by atoms with Crippen molar-refractivity contribution in [2.45, 2.75) is 31.5 Å². The van der Waals surface area contributed by atoms with Crippen LogP contribution in [0.5, 0.6) is 0 Å². The fraction of sp³-hybridized carbons (Fsp3) is 0.346. The Hall–Kier alpha value is -2.70. The highest BCUT2D eigenvalue weighted by atomic mass is 19.2. The summed E-state index contributed by atoms with van der Waals surface area (Å²) in [6.45, 7) is 5.63. The van der Waals surface area contributed by atoms with Crippen molar-refractivity contribution < 1.29 is 22.8 Å². The molecule has 1 aromatic heterocycles. The van der Waals surface area contributed by atoms with E-state index in [2.05, 4.69) is 11.6 Å². The van der Waals surface area contributed by atoms with Crippen molar-refractivity contribution in [2.75, 3.05) is 13.1 Å². The molecule has 32 heavy (non-hydrogen) atoms. The van der Waals surface area contributed by atoms with Gasteiger partial charge in [0, 0.05) is 42.0 Å². The molecule has 6 rings (SSSR count). The first-order valence-corrected chi connectivity index (χ1v) is 11.1. The van der Waals surface area contributed by atoms with Crippen LogP contribution in [0.2, 0.25) is 0 Å². The number of para-hydroxylation sites is 1. The third kappa shape index (κ3) is 3.42. The Balaban J connectivity index is 1.57. The number of aliphatic hydroxyl groups is 1. The highest BCUT2D eigenvalue weighted by molar-refractivity contribution is 5.82. The number of aliphatic hydroxyl groups excluding tert-OH is 1. The van der Waals surface area contributed by atoms with Crippen LogP contribution in [0.3, 0.4) is 0 Å². The molecule has 3 aliphatic heterocycles. The number of aromatic nitrogens is 1. The van der Waals surface area contributed by atoms with Crippen molar-refractivity contribution >= 4 is 10.9 Å². The summed E-state index contributed by atoms with van der Waals surface area (Å²) in [7, 11) is 0. The fourth-order valence-electron chi connectivity index (χ4n) is 5.99. The van der Waals surface area contributed by atoms with Gasteiger partial charge in [0.15, 0.2) is 11.6 Å². The average Bonchev–Trinajstić information content (AvgIpc) is 2.81. The Bertz CT molecular complexity index is 1180. The van der Waals surface area contributed by atoms with Crippen molar-refractivity contribution in [3.8, 4) is 0 Å². The monoisotopic (exact) mass is 439 g/mol. The van der Waals surface area contributed by atoms with Gasteiger partial charge in [0.25, 0.3) is 0 Å². The number of halogens is 3. The summed E-state index contributed by atoms with van der Waals surface area (Å²) in [5.41, 5.74) is 1.75. The highest BCUT2D eigenvalue weighted by Crippen LogP contribution is 2.48. The lowest BCUT2D eigenvalue weighted by atomic mass is 9.71. The van der Waals surface area contributed by atoms with E-state index in [9.17, 15) is 18.3 Å². The van der Waals surface area contributed by atoms with Crippen LogP contribution in [0.1, 0.15) is 30.1 Å². The Morgan fingerprint density at radius 2 is 1.91 bits per heavy atom. The molecule has 0 amide bonds. The molecular weight excluding hydrogens is 413 g/mol. The summed E-state index contributed by atoms with van der Waals surface area (Å²) in [6, 6.07) is 10.9. The number of piperidine rings is 3. The molecule has 3 aliphatic rings. The topological polar surface area (TPSA) is 33.1 Å². The molecule has 3 nitrogen and oxygen atoms in total. The molecule has 5 atom stereocenters. The summed E-state index contributed by atoms with van der Waals surface area (Å²) in [6.07, 6.45) is 4.55. The highest BCUT2D eigenvalue weighted by Gasteiger charge is 2.54. The number of benzene rings is 2. The van der Waals surface area contributed by atoms with E-state index in [1.165, 1.54) is 0 Å². The molecule has 3 fully saturated rings. The number of rotatable bonds is 5. The van der Waals surface area contributed by atoms with Gasteiger partial charge in [-0.3, -0.25) is 4.98 Å². The maximum absolute atomic E-state index is 14.6. The van der Waals surface area contributed by atoms with Crippen LogP contribution in [0, 0.1) is 29.3 Å². The molecular formula is C26H26F3N2O+. The van der Waals surface area contributed by atoms with Gasteiger partial charge in [0.1, 0.15) is 24.5 Å². The van der Waals surface area contributed by atoms with Gasteiger partial charge < -0.3 is 9.59 Å². The van der Waals surface area contributed by atoms with E-state index in [0.29, 0.717) is 23.0 Å². The van der Waals surface area contributed by atoms with Crippen LogP contribution in [0.25, 0.3) is 10.9 Å². The summed E-state index contributed by atoms with van der Waals surface area (Å²) in [5, 5.41) is 12.5. The van der Waals surface area contributed by atoms with Gasteiger partial charge in [-0.1, -0.05) is 24.3 Å². The fourth-order valence-corrected chi connectivity index (χ4v) is 5.99. The van der Waals surface area contributed by atoms with E-state index in [4.69, 9.17) is 0 Å². The zero-order chi connectivity index (χ0) is 22.5. The lowest BCUT2D eigenvalue weighted by Crippen LogP contribution is -2.67. The van der Waals surface area contributed by atoms with Gasteiger partial charge >= 0.3 is 0 Å². The summed E-state index contributed by atoms with van der Waals surface area (Å²) >= 11 is 0. The van der Waals surface area contributed by atoms with E-state index in [-0.39, 0.29) is 24.1 Å². The second kappa shape index (κ2) is 8.01.